The molecular formula is C15H15ClN2O. The van der Waals surface area contributed by atoms with Crippen molar-refractivity contribution in [2.75, 3.05) is 6.61 Å². The zero-order valence-electron chi connectivity index (χ0n) is 10.5. The van der Waals surface area contributed by atoms with E-state index in [1.807, 2.05) is 18.2 Å². The summed E-state index contributed by atoms with van der Waals surface area (Å²) in [5.41, 5.74) is 9.67. The van der Waals surface area contributed by atoms with Gasteiger partial charge in [-0.25, -0.2) is 0 Å². The van der Waals surface area contributed by atoms with Crippen molar-refractivity contribution in [1.29, 1.82) is 0 Å². The van der Waals surface area contributed by atoms with E-state index in [2.05, 4.69) is 11.1 Å². The third kappa shape index (κ3) is 2.57. The molecule has 0 radical (unpaired) electrons. The lowest BCUT2D eigenvalue weighted by Crippen LogP contribution is -2.13. The highest BCUT2D eigenvalue weighted by Gasteiger charge is 2.15. The Balaban J connectivity index is 1.81. The first-order valence-electron chi connectivity index (χ1n) is 6.33. The second-order valence-corrected chi connectivity index (χ2v) is 5.15. The van der Waals surface area contributed by atoms with Crippen LogP contribution in [0.4, 0.5) is 0 Å². The van der Waals surface area contributed by atoms with Crippen molar-refractivity contribution < 1.29 is 4.74 Å². The highest BCUT2D eigenvalue weighted by Crippen LogP contribution is 2.29. The van der Waals surface area contributed by atoms with Crippen LogP contribution in [0.15, 0.2) is 36.7 Å². The zero-order chi connectivity index (χ0) is 13.2. The van der Waals surface area contributed by atoms with Gasteiger partial charge in [0, 0.05) is 24.9 Å². The predicted molar refractivity (Wildman–Crippen MR) is 75.5 cm³/mol. The van der Waals surface area contributed by atoms with Crippen LogP contribution in [0.3, 0.4) is 0 Å². The number of nitrogens with two attached hydrogens (primary N) is 1. The van der Waals surface area contributed by atoms with Gasteiger partial charge in [-0.15, -0.1) is 0 Å². The molecule has 0 amide bonds. The number of ether oxygens (including phenoxy) is 1. The van der Waals surface area contributed by atoms with Crippen LogP contribution >= 0.6 is 11.6 Å². The minimum atomic E-state index is -0.0641. The molecule has 0 saturated carbocycles. The first-order valence-corrected chi connectivity index (χ1v) is 6.71. The van der Waals surface area contributed by atoms with Gasteiger partial charge in [0.25, 0.3) is 0 Å². The number of halogens is 1. The number of hydrogen-bond acceptors (Lipinski definition) is 3. The Morgan fingerprint density at radius 2 is 2.26 bits per heavy atom. The van der Waals surface area contributed by atoms with E-state index in [4.69, 9.17) is 22.1 Å². The van der Waals surface area contributed by atoms with Crippen LogP contribution in [0.5, 0.6) is 5.75 Å². The number of nitrogens with zero attached hydrogens (tertiary/aromatic N) is 1. The van der Waals surface area contributed by atoms with E-state index < -0.39 is 0 Å². The summed E-state index contributed by atoms with van der Waals surface area (Å²) in [5, 5.41) is 0.669. The average Bonchev–Trinajstić information content (AvgIpc) is 2.88. The zero-order valence-corrected chi connectivity index (χ0v) is 11.2. The van der Waals surface area contributed by atoms with Gasteiger partial charge < -0.3 is 10.5 Å². The van der Waals surface area contributed by atoms with Gasteiger partial charge in [0.15, 0.2) is 0 Å². The van der Waals surface area contributed by atoms with Gasteiger partial charge in [0.2, 0.25) is 0 Å². The third-order valence-corrected chi connectivity index (χ3v) is 3.78. The highest BCUT2D eigenvalue weighted by molar-refractivity contribution is 6.31. The Morgan fingerprint density at radius 3 is 3.11 bits per heavy atom. The summed E-state index contributed by atoms with van der Waals surface area (Å²) in [6.45, 7) is 0.768. The minimum Gasteiger partial charge on any atom is -0.493 e. The fourth-order valence-corrected chi connectivity index (χ4v) is 2.56. The van der Waals surface area contributed by atoms with Gasteiger partial charge in [0.05, 0.1) is 11.6 Å². The standard InChI is InChI=1S/C15H15ClN2O/c16-13-9-18-5-3-10(13)8-14(17)11-1-2-15-12(7-11)4-6-19-15/h1-3,5,7,9,14H,4,6,8,17H2. The van der Waals surface area contributed by atoms with Crippen LogP contribution in [0.25, 0.3) is 0 Å². The van der Waals surface area contributed by atoms with Crippen molar-refractivity contribution in [2.45, 2.75) is 18.9 Å². The molecule has 1 aliphatic rings. The SMILES string of the molecule is NC(Cc1ccncc1Cl)c1ccc2c(c1)CCO2. The molecule has 0 fully saturated rings. The molecule has 3 nitrogen and oxygen atoms in total. The molecule has 2 aromatic rings. The molecule has 2 heterocycles. The van der Waals surface area contributed by atoms with E-state index >= 15 is 0 Å². The van der Waals surface area contributed by atoms with E-state index in [1.54, 1.807) is 12.4 Å². The van der Waals surface area contributed by atoms with Crippen LogP contribution in [0.1, 0.15) is 22.7 Å². The van der Waals surface area contributed by atoms with E-state index in [1.165, 1.54) is 5.56 Å². The predicted octanol–water partition coefficient (Wildman–Crippen LogP) is 2.91. The van der Waals surface area contributed by atoms with Crippen molar-refractivity contribution in [3.63, 3.8) is 0 Å². The van der Waals surface area contributed by atoms with Gasteiger partial charge in [-0.3, -0.25) is 4.98 Å². The fourth-order valence-electron chi connectivity index (χ4n) is 2.36. The van der Waals surface area contributed by atoms with E-state index in [0.29, 0.717) is 11.4 Å². The van der Waals surface area contributed by atoms with Crippen LogP contribution in [-0.4, -0.2) is 11.6 Å². The van der Waals surface area contributed by atoms with Crippen molar-refractivity contribution in [1.82, 2.24) is 4.98 Å². The van der Waals surface area contributed by atoms with Crippen LogP contribution in [0.2, 0.25) is 5.02 Å². The van der Waals surface area contributed by atoms with Gasteiger partial charge in [0.1, 0.15) is 5.75 Å². The molecule has 2 N–H and O–H groups in total. The first-order chi connectivity index (χ1) is 9.24. The first kappa shape index (κ1) is 12.5. The summed E-state index contributed by atoms with van der Waals surface area (Å²) in [6.07, 6.45) is 5.07. The maximum absolute atomic E-state index is 6.27. The summed E-state index contributed by atoms with van der Waals surface area (Å²) in [7, 11) is 0. The number of aromatic nitrogens is 1. The molecule has 0 spiro atoms. The van der Waals surface area contributed by atoms with E-state index in [0.717, 1.165) is 29.9 Å². The monoisotopic (exact) mass is 274 g/mol. The molecule has 98 valence electrons. The molecule has 1 aromatic heterocycles. The van der Waals surface area contributed by atoms with Crippen molar-refractivity contribution in [3.05, 3.63) is 58.4 Å². The molecule has 1 unspecified atom stereocenters. The van der Waals surface area contributed by atoms with Crippen molar-refractivity contribution in [3.8, 4) is 5.75 Å². The second-order valence-electron chi connectivity index (χ2n) is 4.74. The Hall–Kier alpha value is -1.58. The van der Waals surface area contributed by atoms with Gasteiger partial charge >= 0.3 is 0 Å². The maximum atomic E-state index is 6.27. The maximum Gasteiger partial charge on any atom is 0.122 e. The smallest absolute Gasteiger partial charge is 0.122 e. The molecule has 19 heavy (non-hydrogen) atoms. The van der Waals surface area contributed by atoms with Gasteiger partial charge in [-0.05, 0) is 35.2 Å². The number of rotatable bonds is 3. The average molecular weight is 275 g/mol. The van der Waals surface area contributed by atoms with Crippen molar-refractivity contribution >= 4 is 11.6 Å². The number of pyridine rings is 1. The summed E-state index contributed by atoms with van der Waals surface area (Å²) >= 11 is 6.11. The molecule has 0 aliphatic carbocycles. The number of fused-ring (bicyclic) bond motifs is 1. The van der Waals surface area contributed by atoms with E-state index in [9.17, 15) is 0 Å². The normalized spacial score (nSPS) is 14.8. The Morgan fingerprint density at radius 1 is 1.37 bits per heavy atom. The lowest BCUT2D eigenvalue weighted by molar-refractivity contribution is 0.357. The second kappa shape index (κ2) is 5.19. The highest BCUT2D eigenvalue weighted by atomic mass is 35.5. The molecule has 0 bridgehead atoms. The molecule has 1 aliphatic heterocycles. The summed E-state index contributed by atoms with van der Waals surface area (Å²) in [6, 6.07) is 8.03. The Labute approximate surface area is 117 Å². The quantitative estimate of drug-likeness (QED) is 0.936. The molecule has 0 saturated heterocycles. The van der Waals surface area contributed by atoms with Crippen LogP contribution in [-0.2, 0) is 12.8 Å². The Kier molecular flexibility index (Phi) is 3.40. The largest absolute Gasteiger partial charge is 0.493 e. The van der Waals surface area contributed by atoms with E-state index in [-0.39, 0.29) is 6.04 Å². The molecule has 1 atom stereocenters. The number of hydrogen-bond donors (Lipinski definition) is 1. The summed E-state index contributed by atoms with van der Waals surface area (Å²) in [4.78, 5) is 3.98. The van der Waals surface area contributed by atoms with Crippen molar-refractivity contribution in [2.24, 2.45) is 5.73 Å². The lowest BCUT2D eigenvalue weighted by Gasteiger charge is -2.14. The third-order valence-electron chi connectivity index (χ3n) is 3.44. The summed E-state index contributed by atoms with van der Waals surface area (Å²) < 4.78 is 5.50. The summed E-state index contributed by atoms with van der Waals surface area (Å²) in [5.74, 6) is 0.984. The van der Waals surface area contributed by atoms with Gasteiger partial charge in [-0.1, -0.05) is 23.7 Å². The number of benzene rings is 1. The molecule has 3 rings (SSSR count). The molecule has 1 aromatic carbocycles. The van der Waals surface area contributed by atoms with Crippen LogP contribution < -0.4 is 10.5 Å². The van der Waals surface area contributed by atoms with Crippen LogP contribution in [0, 0.1) is 0 Å². The molecular weight excluding hydrogens is 260 g/mol. The lowest BCUT2D eigenvalue weighted by atomic mass is 9.98. The molecule has 4 heteroatoms. The Bertz CT molecular complexity index is 600. The fraction of sp³-hybridized carbons (Fsp3) is 0.267. The minimum absolute atomic E-state index is 0.0641. The topological polar surface area (TPSA) is 48.1 Å². The van der Waals surface area contributed by atoms with Gasteiger partial charge in [-0.2, -0.15) is 0 Å².